The number of hydrogen-bond donors (Lipinski definition) is 2. The number of carbonyl (C=O) groups excluding carboxylic acids is 4. The number of nitrogens with one attached hydrogen (secondary N) is 2. The predicted molar refractivity (Wildman–Crippen MR) is 116 cm³/mol. The van der Waals surface area contributed by atoms with Crippen molar-refractivity contribution in [1.82, 2.24) is 10.6 Å². The molecule has 0 saturated heterocycles. The summed E-state index contributed by atoms with van der Waals surface area (Å²) < 4.78 is 19.9. The van der Waals surface area contributed by atoms with Crippen LogP contribution in [0.5, 0.6) is 5.75 Å². The Labute approximate surface area is 187 Å². The van der Waals surface area contributed by atoms with Crippen molar-refractivity contribution in [2.75, 3.05) is 33.9 Å². The van der Waals surface area contributed by atoms with Gasteiger partial charge in [-0.3, -0.25) is 4.79 Å². The molecule has 2 N–H and O–H groups in total. The molecule has 2 amide bonds. The first-order valence-electron chi connectivity index (χ1n) is 10.2. The number of rotatable bonds is 11. The van der Waals surface area contributed by atoms with E-state index in [1.807, 2.05) is 0 Å². The molecule has 32 heavy (non-hydrogen) atoms. The molecular weight excluding hydrogens is 420 g/mol. The smallest absolute Gasteiger partial charge is 0.407 e. The summed E-state index contributed by atoms with van der Waals surface area (Å²) in [6, 6.07) is 4.08. The quantitative estimate of drug-likeness (QED) is 0.298. The molecule has 0 aliphatic heterocycles. The van der Waals surface area contributed by atoms with Gasteiger partial charge in [0.15, 0.2) is 6.61 Å². The minimum absolute atomic E-state index is 0.103. The average molecular weight is 453 g/mol. The molecular formula is C22H32N2O8. The molecule has 0 atom stereocenters. The number of methoxy groups -OCH3 is 2. The molecule has 0 aliphatic rings. The number of hydrogen-bond acceptors (Lipinski definition) is 8. The molecule has 178 valence electrons. The van der Waals surface area contributed by atoms with E-state index in [9.17, 15) is 19.2 Å². The number of amides is 2. The summed E-state index contributed by atoms with van der Waals surface area (Å²) in [6.45, 7) is 6.05. The summed E-state index contributed by atoms with van der Waals surface area (Å²) in [6.07, 6.45) is 1.84. The lowest BCUT2D eigenvalue weighted by Crippen LogP contribution is -2.33. The van der Waals surface area contributed by atoms with Gasteiger partial charge in [0.2, 0.25) is 0 Å². The molecule has 0 fully saturated rings. The van der Waals surface area contributed by atoms with E-state index < -0.39 is 23.6 Å². The minimum Gasteiger partial charge on any atom is -0.484 e. The molecule has 0 heterocycles. The number of ether oxygens (including phenoxy) is 4. The summed E-state index contributed by atoms with van der Waals surface area (Å²) in [5, 5.41) is 5.40. The van der Waals surface area contributed by atoms with Crippen molar-refractivity contribution < 1.29 is 38.1 Å². The fraction of sp³-hybridized carbons (Fsp3) is 0.545. The van der Waals surface area contributed by atoms with Gasteiger partial charge in [0.05, 0.1) is 25.3 Å². The zero-order valence-corrected chi connectivity index (χ0v) is 19.2. The van der Waals surface area contributed by atoms with Gasteiger partial charge in [-0.05, 0) is 58.2 Å². The van der Waals surface area contributed by atoms with Crippen LogP contribution in [0.15, 0.2) is 18.2 Å². The summed E-state index contributed by atoms with van der Waals surface area (Å²) in [5.74, 6) is -1.48. The van der Waals surface area contributed by atoms with Gasteiger partial charge in [0, 0.05) is 13.1 Å². The van der Waals surface area contributed by atoms with Crippen molar-refractivity contribution in [3.8, 4) is 5.75 Å². The Hall–Kier alpha value is -3.30. The van der Waals surface area contributed by atoms with Gasteiger partial charge in [0.1, 0.15) is 11.4 Å². The van der Waals surface area contributed by atoms with Crippen molar-refractivity contribution >= 4 is 23.9 Å². The van der Waals surface area contributed by atoms with E-state index in [1.54, 1.807) is 20.8 Å². The van der Waals surface area contributed by atoms with E-state index in [4.69, 9.17) is 9.47 Å². The second kappa shape index (κ2) is 13.2. The van der Waals surface area contributed by atoms with Crippen LogP contribution in [0, 0.1) is 0 Å². The first-order valence-corrected chi connectivity index (χ1v) is 10.2. The van der Waals surface area contributed by atoms with Gasteiger partial charge < -0.3 is 29.6 Å². The number of carbonyl (C=O) groups is 4. The van der Waals surface area contributed by atoms with Gasteiger partial charge >= 0.3 is 18.0 Å². The summed E-state index contributed by atoms with van der Waals surface area (Å²) >= 11 is 0. The second-order valence-electron chi connectivity index (χ2n) is 7.86. The Morgan fingerprint density at radius 2 is 1.34 bits per heavy atom. The zero-order valence-electron chi connectivity index (χ0n) is 19.2. The van der Waals surface area contributed by atoms with Crippen molar-refractivity contribution in [1.29, 1.82) is 0 Å². The topological polar surface area (TPSA) is 129 Å². The Bertz CT molecular complexity index is 767. The third kappa shape index (κ3) is 10.6. The van der Waals surface area contributed by atoms with Crippen molar-refractivity contribution in [2.24, 2.45) is 0 Å². The van der Waals surface area contributed by atoms with Crippen LogP contribution in [0.3, 0.4) is 0 Å². The maximum absolute atomic E-state index is 12.0. The fourth-order valence-electron chi connectivity index (χ4n) is 2.51. The minimum atomic E-state index is -0.647. The highest BCUT2D eigenvalue weighted by Crippen LogP contribution is 2.19. The number of esters is 2. The lowest BCUT2D eigenvalue weighted by molar-refractivity contribution is -0.123. The van der Waals surface area contributed by atoms with Crippen LogP contribution >= 0.6 is 0 Å². The number of benzene rings is 1. The molecule has 10 heteroatoms. The largest absolute Gasteiger partial charge is 0.484 e. The standard InChI is InChI=1S/C22H32N2O8/c1-22(2,3)32-21(28)24-10-8-6-7-9-23-18(25)14-31-17-12-15(19(26)29-4)11-16(13-17)20(27)30-5/h11-13H,6-10,14H2,1-5H3,(H,23,25)(H,24,28). The third-order valence-electron chi connectivity index (χ3n) is 3.96. The summed E-state index contributed by atoms with van der Waals surface area (Å²) in [7, 11) is 2.43. The summed E-state index contributed by atoms with van der Waals surface area (Å²) in [4.78, 5) is 47.1. The Balaban J connectivity index is 2.35. The monoisotopic (exact) mass is 452 g/mol. The molecule has 0 radical (unpaired) electrons. The van der Waals surface area contributed by atoms with E-state index in [0.717, 1.165) is 19.3 Å². The fourth-order valence-corrected chi connectivity index (χ4v) is 2.51. The van der Waals surface area contributed by atoms with E-state index in [2.05, 4.69) is 20.1 Å². The van der Waals surface area contributed by atoms with Gasteiger partial charge in [-0.2, -0.15) is 0 Å². The van der Waals surface area contributed by atoms with Crippen LogP contribution < -0.4 is 15.4 Å². The zero-order chi connectivity index (χ0) is 24.1. The average Bonchev–Trinajstić information content (AvgIpc) is 2.74. The van der Waals surface area contributed by atoms with E-state index in [0.29, 0.717) is 13.1 Å². The second-order valence-corrected chi connectivity index (χ2v) is 7.86. The Kier molecular flexibility index (Phi) is 11.0. The molecule has 0 spiro atoms. The normalized spacial score (nSPS) is 10.7. The number of unbranched alkanes of at least 4 members (excludes halogenated alkanes) is 2. The maximum Gasteiger partial charge on any atom is 0.407 e. The highest BCUT2D eigenvalue weighted by atomic mass is 16.6. The SMILES string of the molecule is COC(=O)c1cc(OCC(=O)NCCCCCNC(=O)OC(C)(C)C)cc(C(=O)OC)c1. The van der Waals surface area contributed by atoms with Crippen LogP contribution in [0.2, 0.25) is 0 Å². The first-order chi connectivity index (χ1) is 15.1. The summed E-state index contributed by atoms with van der Waals surface area (Å²) in [5.41, 5.74) is -0.325. The van der Waals surface area contributed by atoms with Crippen LogP contribution in [0.1, 0.15) is 60.7 Å². The molecule has 1 aromatic rings. The molecule has 10 nitrogen and oxygen atoms in total. The Morgan fingerprint density at radius 3 is 1.84 bits per heavy atom. The van der Waals surface area contributed by atoms with Gasteiger partial charge in [-0.25, -0.2) is 14.4 Å². The lowest BCUT2D eigenvalue weighted by Gasteiger charge is -2.19. The maximum atomic E-state index is 12.0. The van der Waals surface area contributed by atoms with Gasteiger partial charge in [-0.15, -0.1) is 0 Å². The lowest BCUT2D eigenvalue weighted by atomic mass is 10.1. The molecule has 0 saturated carbocycles. The molecule has 0 unspecified atom stereocenters. The Morgan fingerprint density at radius 1 is 0.812 bits per heavy atom. The van der Waals surface area contributed by atoms with Crippen LogP contribution in [-0.2, 0) is 19.0 Å². The van der Waals surface area contributed by atoms with Crippen molar-refractivity contribution in [3.05, 3.63) is 29.3 Å². The molecule has 0 bridgehead atoms. The third-order valence-corrected chi connectivity index (χ3v) is 3.96. The van der Waals surface area contributed by atoms with Crippen LogP contribution in [0.25, 0.3) is 0 Å². The van der Waals surface area contributed by atoms with Crippen molar-refractivity contribution in [3.63, 3.8) is 0 Å². The van der Waals surface area contributed by atoms with E-state index in [1.165, 1.54) is 32.4 Å². The highest BCUT2D eigenvalue weighted by molar-refractivity contribution is 5.96. The van der Waals surface area contributed by atoms with E-state index in [-0.39, 0.29) is 29.4 Å². The van der Waals surface area contributed by atoms with Crippen LogP contribution in [-0.4, -0.2) is 63.5 Å². The number of alkyl carbamates (subject to hydrolysis) is 1. The highest BCUT2D eigenvalue weighted by Gasteiger charge is 2.16. The molecule has 1 rings (SSSR count). The molecule has 0 aromatic heterocycles. The van der Waals surface area contributed by atoms with Crippen LogP contribution in [0.4, 0.5) is 4.79 Å². The molecule has 0 aliphatic carbocycles. The molecule has 1 aromatic carbocycles. The van der Waals surface area contributed by atoms with E-state index >= 15 is 0 Å². The van der Waals surface area contributed by atoms with Gasteiger partial charge in [0.25, 0.3) is 5.91 Å². The first kappa shape index (κ1) is 26.7. The van der Waals surface area contributed by atoms with Gasteiger partial charge in [-0.1, -0.05) is 0 Å². The van der Waals surface area contributed by atoms with Crippen molar-refractivity contribution in [2.45, 2.75) is 45.6 Å². The predicted octanol–water partition coefficient (Wildman–Crippen LogP) is 2.45.